The minimum Gasteiger partial charge on any atom is -0.359 e. The van der Waals surface area contributed by atoms with Gasteiger partial charge in [0.15, 0.2) is 16.5 Å². The summed E-state index contributed by atoms with van der Waals surface area (Å²) in [7, 11) is -8.42. The molecule has 4 rings (SSSR count). The van der Waals surface area contributed by atoms with Crippen LogP contribution in [0.3, 0.4) is 0 Å². The topological polar surface area (TPSA) is 24.7 Å². The second-order valence-electron chi connectivity index (χ2n) is 11.4. The molecule has 0 aliphatic carbocycles. The zero-order chi connectivity index (χ0) is 26.6. The van der Waals surface area contributed by atoms with Crippen molar-refractivity contribution >= 4 is 51.8 Å². The van der Waals surface area contributed by atoms with Gasteiger partial charge in [0.25, 0.3) is 0 Å². The van der Waals surface area contributed by atoms with Crippen LogP contribution in [0.1, 0.15) is 0 Å². The zero-order valence-corrected chi connectivity index (χ0v) is 28.7. The van der Waals surface area contributed by atoms with Gasteiger partial charge in [-0.25, -0.2) is 5.90 Å². The first-order valence-electron chi connectivity index (χ1n) is 12.9. The summed E-state index contributed by atoms with van der Waals surface area (Å²) in [6.45, 7) is 14.2. The van der Waals surface area contributed by atoms with Crippen LogP contribution < -0.4 is 58.9 Å². The Morgan fingerprint density at radius 1 is 0.410 bits per heavy atom. The Hall–Kier alpha value is -1.03. The van der Waals surface area contributed by atoms with Gasteiger partial charge in [0.1, 0.15) is 0 Å². The number of nitrogens with zero attached hydrogens (tertiary/aromatic N) is 2. The van der Waals surface area contributed by atoms with Crippen LogP contribution in [0.5, 0.6) is 0 Å². The number of benzene rings is 4. The van der Waals surface area contributed by atoms with Crippen molar-refractivity contribution in [1.29, 1.82) is 0 Å². The van der Waals surface area contributed by atoms with Gasteiger partial charge in [0.05, 0.1) is 0 Å². The average Bonchev–Trinajstić information content (AvgIpc) is 2.88. The Morgan fingerprint density at radius 2 is 0.615 bits per heavy atom. The first kappa shape index (κ1) is 34.2. The molecule has 0 heterocycles. The van der Waals surface area contributed by atoms with Crippen LogP contribution in [-0.4, -0.2) is 16.5 Å². The van der Waals surface area contributed by atoms with Crippen LogP contribution in [0.2, 0.25) is 39.3 Å². The van der Waals surface area contributed by atoms with Crippen LogP contribution in [0.25, 0.3) is 0 Å². The van der Waals surface area contributed by atoms with Gasteiger partial charge >= 0.3 is 37.7 Å². The van der Waals surface area contributed by atoms with E-state index in [1.54, 1.807) is 0 Å². The third-order valence-electron chi connectivity index (χ3n) is 5.85. The summed E-state index contributed by atoms with van der Waals surface area (Å²) in [5.74, 6) is 2.69. The summed E-state index contributed by atoms with van der Waals surface area (Å²) in [6, 6.07) is 44.1. The number of hydrogen-bond acceptors (Lipinski definition) is 2. The van der Waals surface area contributed by atoms with E-state index in [9.17, 15) is 0 Å². The van der Waals surface area contributed by atoms with E-state index in [1.165, 1.54) is 21.2 Å². The summed E-state index contributed by atoms with van der Waals surface area (Å²) < 4.78 is 11.8. The maximum absolute atomic E-state index is 5.92. The Balaban J connectivity index is 0.00000267. The van der Waals surface area contributed by atoms with E-state index in [-0.39, 0.29) is 37.7 Å². The van der Waals surface area contributed by atoms with E-state index >= 15 is 0 Å². The molecular weight excluding hydrogens is 532 g/mol. The fourth-order valence-electron chi connectivity index (χ4n) is 4.66. The molecule has 0 saturated carbocycles. The predicted molar refractivity (Wildman–Crippen MR) is 174 cm³/mol. The van der Waals surface area contributed by atoms with E-state index in [0.29, 0.717) is 0 Å². The molecule has 0 bridgehead atoms. The molecule has 0 amide bonds. The Labute approximate surface area is 263 Å². The van der Waals surface area contributed by atoms with E-state index < -0.39 is 30.6 Å². The van der Waals surface area contributed by atoms with E-state index in [4.69, 9.17) is 8.82 Å². The van der Waals surface area contributed by atoms with Gasteiger partial charge in [-0.2, -0.15) is 0 Å². The fourth-order valence-corrected chi connectivity index (χ4v) is 22.6. The largest absolute Gasteiger partial charge is 1.00 e. The van der Waals surface area contributed by atoms with E-state index in [0.717, 1.165) is 0 Å². The summed E-state index contributed by atoms with van der Waals surface area (Å²) >= 11 is 0. The van der Waals surface area contributed by atoms with Gasteiger partial charge in [-0.3, -0.25) is 0 Å². The van der Waals surface area contributed by atoms with Crippen molar-refractivity contribution in [2.24, 2.45) is 8.82 Å². The van der Waals surface area contributed by atoms with E-state index in [2.05, 4.69) is 167 Å². The van der Waals surface area contributed by atoms with Crippen LogP contribution >= 0.6 is 14.1 Å². The summed E-state index contributed by atoms with van der Waals surface area (Å²) in [4.78, 5) is 0. The number of rotatable bonds is 8. The van der Waals surface area contributed by atoms with Crippen LogP contribution in [0.4, 0.5) is 0 Å². The van der Waals surface area contributed by atoms with Crippen molar-refractivity contribution in [3.63, 3.8) is 0 Å². The van der Waals surface area contributed by atoms with Crippen molar-refractivity contribution in [1.82, 2.24) is 0 Å². The molecule has 0 unspecified atom stereocenters. The summed E-state index contributed by atoms with van der Waals surface area (Å²) in [5.41, 5.74) is 0. The second kappa shape index (κ2) is 14.2. The summed E-state index contributed by atoms with van der Waals surface area (Å²) in [5, 5.41) is 5.24. The smallest absolute Gasteiger partial charge is 0.359 e. The monoisotopic (exact) mass is 571 g/mol. The van der Waals surface area contributed by atoms with Crippen LogP contribution in [-0.2, 0) is 0 Å². The molecule has 8 heteroatoms. The van der Waals surface area contributed by atoms with Crippen LogP contribution in [0, 0.1) is 5.90 Å². The van der Waals surface area contributed by atoms with Crippen LogP contribution in [0.15, 0.2) is 130 Å². The molecule has 0 aromatic heterocycles. The molecule has 192 valence electrons. The minimum atomic E-state index is -2.32. The zero-order valence-electron chi connectivity index (χ0n) is 24.9. The second-order valence-corrected chi connectivity index (χ2v) is 27.4. The molecule has 2 nitrogen and oxygen atoms in total. The molecular formula is C31H39Li2N2P2Si2+. The maximum atomic E-state index is 5.92. The average molecular weight is 572 g/mol. The molecule has 0 atom stereocenters. The third kappa shape index (κ3) is 8.49. The molecule has 0 aliphatic heterocycles. The van der Waals surface area contributed by atoms with Gasteiger partial charge in [-0.05, 0) is 21.2 Å². The van der Waals surface area contributed by atoms with Gasteiger partial charge < -0.3 is 8.82 Å². The molecule has 4 aromatic carbocycles. The first-order chi connectivity index (χ1) is 17.5. The van der Waals surface area contributed by atoms with Gasteiger partial charge in [0, 0.05) is 0 Å². The fraction of sp³-hybridized carbons (Fsp3) is 0.194. The minimum absolute atomic E-state index is 0. The quantitative estimate of drug-likeness (QED) is 0.177. The SMILES string of the molecule is C[Si](C)(C)N=P([CH-]P(=N[Si](C)(C)C)(c1ccccc1)c1ccccc1)(c1ccccc1)c1ccccc1.[Li+].[Li+]. The van der Waals surface area contributed by atoms with Crippen molar-refractivity contribution in [3.05, 3.63) is 127 Å². The molecule has 4 aromatic rings. The third-order valence-corrected chi connectivity index (χ3v) is 20.2. The van der Waals surface area contributed by atoms with Crippen molar-refractivity contribution in [2.75, 3.05) is 0 Å². The molecule has 0 saturated heterocycles. The van der Waals surface area contributed by atoms with Gasteiger partial charge in [-0.1, -0.05) is 161 Å². The van der Waals surface area contributed by atoms with Crippen molar-refractivity contribution in [2.45, 2.75) is 39.3 Å². The molecule has 39 heavy (non-hydrogen) atoms. The molecule has 0 N–H and O–H groups in total. The summed E-state index contributed by atoms with van der Waals surface area (Å²) in [6.07, 6.45) is 0. The predicted octanol–water partition coefficient (Wildman–Crippen LogP) is 2.49. The number of hydrogen-bond donors (Lipinski definition) is 0. The van der Waals surface area contributed by atoms with Crippen molar-refractivity contribution in [3.8, 4) is 0 Å². The van der Waals surface area contributed by atoms with Gasteiger partial charge in [0.2, 0.25) is 0 Å². The molecule has 0 fully saturated rings. The maximum Gasteiger partial charge on any atom is 1.00 e. The Bertz CT molecular complexity index is 1220. The molecule has 0 spiro atoms. The standard InChI is InChI=1S/C31H39N2P2Si2.2Li/c1-36(2,3)32-34(28-19-11-7-12-20-28,29-21-13-8-14-22-29)27-35(33-37(4,5)6,30-23-15-9-16-24-30)31-25-17-10-18-26-31;;/h7-27H,1-6H3;;/q-1;2*+1. The normalized spacial score (nSPS) is 12.1. The van der Waals surface area contributed by atoms with E-state index in [1.807, 2.05) is 0 Å². The van der Waals surface area contributed by atoms with Gasteiger partial charge in [-0.15, -0.1) is 14.1 Å². The Kier molecular flexibility index (Phi) is 12.5. The Morgan fingerprint density at radius 3 is 0.795 bits per heavy atom. The molecule has 0 radical (unpaired) electrons. The first-order valence-corrected chi connectivity index (χ1v) is 23.4. The van der Waals surface area contributed by atoms with Crippen molar-refractivity contribution < 1.29 is 37.7 Å². The molecule has 0 aliphatic rings.